The van der Waals surface area contributed by atoms with Crippen molar-refractivity contribution in [1.29, 1.82) is 0 Å². The molecule has 3 heteroatoms. The van der Waals surface area contributed by atoms with Gasteiger partial charge in [0, 0.05) is 30.0 Å². The SMILES string of the molecule is Cc1cc(C(=O)CCCC2CCCO2)cc(C)n1. The van der Waals surface area contributed by atoms with Crippen LogP contribution in [0.5, 0.6) is 0 Å². The van der Waals surface area contributed by atoms with Crippen LogP contribution in [0, 0.1) is 13.8 Å². The number of ketones is 1. The Morgan fingerprint density at radius 2 is 2.11 bits per heavy atom. The van der Waals surface area contributed by atoms with E-state index in [0.717, 1.165) is 42.8 Å². The summed E-state index contributed by atoms with van der Waals surface area (Å²) in [5, 5.41) is 0. The molecule has 0 aliphatic carbocycles. The van der Waals surface area contributed by atoms with Gasteiger partial charge < -0.3 is 4.74 Å². The fourth-order valence-corrected chi connectivity index (χ4v) is 2.50. The number of hydrogen-bond acceptors (Lipinski definition) is 3. The van der Waals surface area contributed by atoms with E-state index in [1.807, 2.05) is 26.0 Å². The average Bonchev–Trinajstić information content (AvgIpc) is 2.80. The molecule has 0 saturated carbocycles. The summed E-state index contributed by atoms with van der Waals surface area (Å²) in [6.07, 6.45) is 5.25. The van der Waals surface area contributed by atoms with Gasteiger partial charge >= 0.3 is 0 Å². The number of carbonyl (C=O) groups is 1. The smallest absolute Gasteiger partial charge is 0.163 e. The summed E-state index contributed by atoms with van der Waals surface area (Å²) in [5.74, 6) is 0.224. The van der Waals surface area contributed by atoms with Gasteiger partial charge in [0.1, 0.15) is 0 Å². The summed E-state index contributed by atoms with van der Waals surface area (Å²) in [5.41, 5.74) is 2.63. The highest BCUT2D eigenvalue weighted by Gasteiger charge is 2.16. The van der Waals surface area contributed by atoms with Crippen LogP contribution in [0.15, 0.2) is 12.1 Å². The number of carbonyl (C=O) groups excluding carboxylic acids is 1. The number of Topliss-reactive ketones (excluding diaryl/α,β-unsaturated/α-hetero) is 1. The largest absolute Gasteiger partial charge is 0.378 e. The molecule has 1 aromatic rings. The lowest BCUT2D eigenvalue weighted by Gasteiger charge is -2.08. The molecule has 1 atom stereocenters. The Balaban J connectivity index is 1.83. The predicted octanol–water partition coefficient (Wildman–Crippen LogP) is 3.23. The second kappa shape index (κ2) is 6.10. The van der Waals surface area contributed by atoms with Crippen molar-refractivity contribution in [3.63, 3.8) is 0 Å². The molecule has 0 radical (unpaired) electrons. The zero-order valence-corrected chi connectivity index (χ0v) is 11.2. The van der Waals surface area contributed by atoms with Crippen LogP contribution in [0.2, 0.25) is 0 Å². The van der Waals surface area contributed by atoms with Gasteiger partial charge in [-0.2, -0.15) is 0 Å². The minimum Gasteiger partial charge on any atom is -0.378 e. The third-order valence-corrected chi connectivity index (χ3v) is 3.36. The van der Waals surface area contributed by atoms with Crippen molar-refractivity contribution in [3.8, 4) is 0 Å². The van der Waals surface area contributed by atoms with Crippen molar-refractivity contribution in [1.82, 2.24) is 4.98 Å². The van der Waals surface area contributed by atoms with Crippen LogP contribution in [0.25, 0.3) is 0 Å². The second-order valence-corrected chi connectivity index (χ2v) is 5.09. The van der Waals surface area contributed by atoms with Crippen LogP contribution in [0.4, 0.5) is 0 Å². The first kappa shape index (κ1) is 13.2. The van der Waals surface area contributed by atoms with E-state index < -0.39 is 0 Å². The molecule has 0 amide bonds. The molecule has 2 heterocycles. The van der Waals surface area contributed by atoms with Crippen LogP contribution in [0.3, 0.4) is 0 Å². The van der Waals surface area contributed by atoms with E-state index in [4.69, 9.17) is 4.74 Å². The fraction of sp³-hybridized carbons (Fsp3) is 0.600. The summed E-state index contributed by atoms with van der Waals surface area (Å²) >= 11 is 0. The van der Waals surface area contributed by atoms with Crippen molar-refractivity contribution in [2.75, 3.05) is 6.61 Å². The van der Waals surface area contributed by atoms with Gasteiger partial charge in [-0.1, -0.05) is 0 Å². The monoisotopic (exact) mass is 247 g/mol. The summed E-state index contributed by atoms with van der Waals surface area (Å²) in [4.78, 5) is 16.3. The predicted molar refractivity (Wildman–Crippen MR) is 70.9 cm³/mol. The van der Waals surface area contributed by atoms with Crippen LogP contribution >= 0.6 is 0 Å². The van der Waals surface area contributed by atoms with Gasteiger partial charge in [0.2, 0.25) is 0 Å². The first-order valence-electron chi connectivity index (χ1n) is 6.75. The highest BCUT2D eigenvalue weighted by Crippen LogP contribution is 2.18. The van der Waals surface area contributed by atoms with Crippen molar-refractivity contribution in [3.05, 3.63) is 29.1 Å². The minimum atomic E-state index is 0.224. The number of aryl methyl sites for hydroxylation is 2. The average molecular weight is 247 g/mol. The molecule has 2 rings (SSSR count). The van der Waals surface area contributed by atoms with Gasteiger partial charge in [-0.3, -0.25) is 9.78 Å². The molecule has 0 N–H and O–H groups in total. The Hall–Kier alpha value is -1.22. The van der Waals surface area contributed by atoms with Gasteiger partial charge in [0.25, 0.3) is 0 Å². The first-order chi connectivity index (χ1) is 8.65. The summed E-state index contributed by atoms with van der Waals surface area (Å²) < 4.78 is 5.56. The summed E-state index contributed by atoms with van der Waals surface area (Å²) in [6, 6.07) is 3.75. The standard InChI is InChI=1S/C15H21NO2/c1-11-9-13(10-12(2)16-11)15(17)7-3-5-14-6-4-8-18-14/h9-10,14H,3-8H2,1-2H3. The Morgan fingerprint density at radius 1 is 1.39 bits per heavy atom. The molecule has 1 aliphatic heterocycles. The quantitative estimate of drug-likeness (QED) is 0.750. The van der Waals surface area contributed by atoms with Crippen LogP contribution in [-0.2, 0) is 4.74 Å². The van der Waals surface area contributed by atoms with Crippen LogP contribution in [0.1, 0.15) is 53.8 Å². The van der Waals surface area contributed by atoms with Crippen molar-refractivity contribution < 1.29 is 9.53 Å². The van der Waals surface area contributed by atoms with E-state index in [1.165, 1.54) is 6.42 Å². The topological polar surface area (TPSA) is 39.2 Å². The lowest BCUT2D eigenvalue weighted by Crippen LogP contribution is -2.07. The molecule has 0 bridgehead atoms. The van der Waals surface area contributed by atoms with Crippen molar-refractivity contribution >= 4 is 5.78 Å². The maximum atomic E-state index is 12.1. The van der Waals surface area contributed by atoms with Gasteiger partial charge in [0.05, 0.1) is 6.10 Å². The first-order valence-corrected chi connectivity index (χ1v) is 6.75. The molecule has 1 saturated heterocycles. The van der Waals surface area contributed by atoms with Gasteiger partial charge in [-0.25, -0.2) is 0 Å². The molecule has 1 aliphatic rings. The number of rotatable bonds is 5. The molecule has 18 heavy (non-hydrogen) atoms. The van der Waals surface area contributed by atoms with E-state index in [1.54, 1.807) is 0 Å². The molecular weight excluding hydrogens is 226 g/mol. The minimum absolute atomic E-state index is 0.224. The summed E-state index contributed by atoms with van der Waals surface area (Å²) in [6.45, 7) is 4.74. The zero-order valence-electron chi connectivity index (χ0n) is 11.2. The number of ether oxygens (including phenoxy) is 1. The van der Waals surface area contributed by atoms with Gasteiger partial charge in [-0.15, -0.1) is 0 Å². The van der Waals surface area contributed by atoms with E-state index in [9.17, 15) is 4.79 Å². The Kier molecular flexibility index (Phi) is 4.48. The van der Waals surface area contributed by atoms with Crippen molar-refractivity contribution in [2.24, 2.45) is 0 Å². The van der Waals surface area contributed by atoms with E-state index in [2.05, 4.69) is 4.98 Å². The molecule has 0 spiro atoms. The Bertz CT molecular complexity index is 402. The fourth-order valence-electron chi connectivity index (χ4n) is 2.50. The molecule has 3 nitrogen and oxygen atoms in total. The zero-order chi connectivity index (χ0) is 13.0. The number of nitrogens with zero attached hydrogens (tertiary/aromatic N) is 1. The third kappa shape index (κ3) is 3.64. The molecule has 0 aromatic carbocycles. The Morgan fingerprint density at radius 3 is 2.72 bits per heavy atom. The van der Waals surface area contributed by atoms with Gasteiger partial charge in [-0.05, 0) is 51.7 Å². The molecule has 1 aromatic heterocycles. The van der Waals surface area contributed by atoms with E-state index in [0.29, 0.717) is 12.5 Å². The molecule has 1 fully saturated rings. The molecule has 98 valence electrons. The number of aromatic nitrogens is 1. The summed E-state index contributed by atoms with van der Waals surface area (Å²) in [7, 11) is 0. The number of hydrogen-bond donors (Lipinski definition) is 0. The highest BCUT2D eigenvalue weighted by atomic mass is 16.5. The second-order valence-electron chi connectivity index (χ2n) is 5.09. The maximum absolute atomic E-state index is 12.1. The van der Waals surface area contributed by atoms with Crippen molar-refractivity contribution in [2.45, 2.75) is 52.1 Å². The molecule has 1 unspecified atom stereocenters. The molecular formula is C15H21NO2. The van der Waals surface area contributed by atoms with Crippen LogP contribution in [-0.4, -0.2) is 23.5 Å². The van der Waals surface area contributed by atoms with E-state index >= 15 is 0 Å². The normalized spacial score (nSPS) is 19.1. The lowest BCUT2D eigenvalue weighted by molar-refractivity contribution is 0.0922. The Labute approximate surface area is 109 Å². The third-order valence-electron chi connectivity index (χ3n) is 3.36. The number of pyridine rings is 1. The van der Waals surface area contributed by atoms with Gasteiger partial charge in [0.15, 0.2) is 5.78 Å². The highest BCUT2D eigenvalue weighted by molar-refractivity contribution is 5.96. The lowest BCUT2D eigenvalue weighted by atomic mass is 10.0. The van der Waals surface area contributed by atoms with Crippen LogP contribution < -0.4 is 0 Å². The van der Waals surface area contributed by atoms with E-state index in [-0.39, 0.29) is 5.78 Å². The maximum Gasteiger partial charge on any atom is 0.163 e.